The number of hydrogen-bond donors (Lipinski definition) is 1. The van der Waals surface area contributed by atoms with Crippen LogP contribution >= 0.6 is 0 Å². The van der Waals surface area contributed by atoms with Gasteiger partial charge in [-0.3, -0.25) is 9.59 Å². The molecule has 1 heterocycles. The predicted octanol–water partition coefficient (Wildman–Crippen LogP) is 0.418. The SMILES string of the molecule is CCS(=O)(=O)c1c[nH]c(=O)c(C(=O)N(C)C2CC(OC)C2)c1. The van der Waals surface area contributed by atoms with Crippen molar-refractivity contribution in [3.05, 3.63) is 28.2 Å². The summed E-state index contributed by atoms with van der Waals surface area (Å²) in [6, 6.07) is 1.16. The first-order chi connectivity index (χ1) is 10.3. The number of H-pyrrole nitrogens is 1. The summed E-state index contributed by atoms with van der Waals surface area (Å²) in [7, 11) is -0.254. The van der Waals surface area contributed by atoms with Gasteiger partial charge in [0.2, 0.25) is 0 Å². The Morgan fingerprint density at radius 2 is 2.09 bits per heavy atom. The number of pyridine rings is 1. The van der Waals surface area contributed by atoms with Crippen LogP contribution in [0.25, 0.3) is 0 Å². The molecule has 1 aromatic rings. The predicted molar refractivity (Wildman–Crippen MR) is 80.7 cm³/mol. The quantitative estimate of drug-likeness (QED) is 0.845. The second kappa shape index (κ2) is 6.21. The van der Waals surface area contributed by atoms with Crippen LogP contribution in [0.3, 0.4) is 0 Å². The van der Waals surface area contributed by atoms with Gasteiger partial charge in [0, 0.05) is 26.4 Å². The van der Waals surface area contributed by atoms with Gasteiger partial charge in [0.15, 0.2) is 9.84 Å². The van der Waals surface area contributed by atoms with Crippen molar-refractivity contribution in [3.8, 4) is 0 Å². The van der Waals surface area contributed by atoms with Crippen molar-refractivity contribution in [2.45, 2.75) is 36.8 Å². The number of sulfone groups is 1. The second-order valence-electron chi connectivity index (χ2n) is 5.38. The first-order valence-corrected chi connectivity index (χ1v) is 8.70. The van der Waals surface area contributed by atoms with Crippen molar-refractivity contribution in [2.24, 2.45) is 0 Å². The van der Waals surface area contributed by atoms with E-state index < -0.39 is 21.3 Å². The van der Waals surface area contributed by atoms with E-state index in [1.807, 2.05) is 0 Å². The molecule has 22 heavy (non-hydrogen) atoms. The molecule has 0 atom stereocenters. The number of amides is 1. The van der Waals surface area contributed by atoms with Gasteiger partial charge in [-0.1, -0.05) is 6.92 Å². The first kappa shape index (κ1) is 16.7. The van der Waals surface area contributed by atoms with Crippen molar-refractivity contribution in [1.29, 1.82) is 0 Å². The summed E-state index contributed by atoms with van der Waals surface area (Å²) in [5, 5.41) is 0. The normalized spacial score (nSPS) is 21.2. The first-order valence-electron chi connectivity index (χ1n) is 7.05. The van der Waals surface area contributed by atoms with Crippen LogP contribution in [0, 0.1) is 0 Å². The average molecular weight is 328 g/mol. The number of aromatic amines is 1. The minimum absolute atomic E-state index is 0.00304. The van der Waals surface area contributed by atoms with Gasteiger partial charge in [0.1, 0.15) is 5.56 Å². The lowest BCUT2D eigenvalue weighted by Gasteiger charge is -2.40. The van der Waals surface area contributed by atoms with E-state index in [0.29, 0.717) is 12.8 Å². The molecule has 1 N–H and O–H groups in total. The summed E-state index contributed by atoms with van der Waals surface area (Å²) in [5.74, 6) is -0.574. The van der Waals surface area contributed by atoms with Gasteiger partial charge in [-0.05, 0) is 18.9 Å². The lowest BCUT2D eigenvalue weighted by atomic mass is 9.88. The maximum absolute atomic E-state index is 12.4. The number of methoxy groups -OCH3 is 1. The summed E-state index contributed by atoms with van der Waals surface area (Å²) in [6.07, 6.45) is 2.68. The van der Waals surface area contributed by atoms with Crippen LogP contribution in [0.2, 0.25) is 0 Å². The number of rotatable bonds is 5. The molecule has 2 rings (SSSR count). The summed E-state index contributed by atoms with van der Waals surface area (Å²) in [4.78, 5) is 28.1. The number of carbonyl (C=O) groups is 1. The molecule has 1 fully saturated rings. The number of carbonyl (C=O) groups excluding carboxylic acids is 1. The van der Waals surface area contributed by atoms with Crippen molar-refractivity contribution >= 4 is 15.7 Å². The van der Waals surface area contributed by atoms with Gasteiger partial charge in [-0.15, -0.1) is 0 Å². The Hall–Kier alpha value is -1.67. The molecule has 0 saturated heterocycles. The number of nitrogens with zero attached hydrogens (tertiary/aromatic N) is 1. The van der Waals surface area contributed by atoms with Crippen LogP contribution in [0.5, 0.6) is 0 Å². The molecule has 0 spiro atoms. The van der Waals surface area contributed by atoms with Crippen LogP contribution in [0.15, 0.2) is 22.0 Å². The summed E-state index contributed by atoms with van der Waals surface area (Å²) in [5.41, 5.74) is -0.743. The maximum atomic E-state index is 12.4. The Morgan fingerprint density at radius 3 is 2.64 bits per heavy atom. The van der Waals surface area contributed by atoms with E-state index in [4.69, 9.17) is 4.74 Å². The molecule has 122 valence electrons. The third-order valence-electron chi connectivity index (χ3n) is 4.12. The lowest BCUT2D eigenvalue weighted by molar-refractivity contribution is -0.0145. The topological polar surface area (TPSA) is 96.5 Å². The molecular weight excluding hydrogens is 308 g/mol. The Bertz CT molecular complexity index is 719. The van der Waals surface area contributed by atoms with E-state index in [0.717, 1.165) is 12.3 Å². The van der Waals surface area contributed by atoms with E-state index in [2.05, 4.69) is 4.98 Å². The lowest BCUT2D eigenvalue weighted by Crippen LogP contribution is -2.49. The summed E-state index contributed by atoms with van der Waals surface area (Å²) >= 11 is 0. The van der Waals surface area contributed by atoms with Crippen LogP contribution in [0.4, 0.5) is 0 Å². The molecule has 8 heteroatoms. The van der Waals surface area contributed by atoms with Gasteiger partial charge in [-0.25, -0.2) is 8.42 Å². The smallest absolute Gasteiger partial charge is 0.260 e. The minimum Gasteiger partial charge on any atom is -0.381 e. The van der Waals surface area contributed by atoms with Gasteiger partial charge in [0.25, 0.3) is 11.5 Å². The molecule has 1 aliphatic rings. The zero-order valence-corrected chi connectivity index (χ0v) is 13.6. The third kappa shape index (κ3) is 3.07. The van der Waals surface area contributed by atoms with E-state index in [-0.39, 0.29) is 28.4 Å². The maximum Gasteiger partial charge on any atom is 0.260 e. The van der Waals surface area contributed by atoms with Crippen LogP contribution in [0.1, 0.15) is 30.1 Å². The molecule has 0 aliphatic heterocycles. The molecule has 1 aromatic heterocycles. The van der Waals surface area contributed by atoms with E-state index >= 15 is 0 Å². The average Bonchev–Trinajstić information content (AvgIpc) is 2.45. The minimum atomic E-state index is -3.48. The third-order valence-corrected chi connectivity index (χ3v) is 5.83. The van der Waals surface area contributed by atoms with Crippen molar-refractivity contribution in [1.82, 2.24) is 9.88 Å². The molecule has 1 aliphatic carbocycles. The Kier molecular flexibility index (Phi) is 4.72. The molecule has 0 bridgehead atoms. The van der Waals surface area contributed by atoms with Gasteiger partial charge < -0.3 is 14.6 Å². The molecule has 0 aromatic carbocycles. The van der Waals surface area contributed by atoms with Gasteiger partial charge >= 0.3 is 0 Å². The Labute approximate surface area is 129 Å². The van der Waals surface area contributed by atoms with Crippen LogP contribution < -0.4 is 5.56 Å². The molecular formula is C14H20N2O5S. The van der Waals surface area contributed by atoms with Gasteiger partial charge in [0.05, 0.1) is 16.8 Å². The molecule has 0 unspecified atom stereocenters. The number of aromatic nitrogens is 1. The Morgan fingerprint density at radius 1 is 1.45 bits per heavy atom. The fourth-order valence-corrected chi connectivity index (χ4v) is 3.24. The van der Waals surface area contributed by atoms with E-state index in [1.54, 1.807) is 14.2 Å². The van der Waals surface area contributed by atoms with Crippen molar-refractivity contribution in [2.75, 3.05) is 19.9 Å². The molecule has 7 nitrogen and oxygen atoms in total. The number of ether oxygens (including phenoxy) is 1. The van der Waals surface area contributed by atoms with Crippen LogP contribution in [-0.2, 0) is 14.6 Å². The van der Waals surface area contributed by atoms with Crippen molar-refractivity contribution in [3.63, 3.8) is 0 Å². The van der Waals surface area contributed by atoms with Gasteiger partial charge in [-0.2, -0.15) is 0 Å². The fourth-order valence-electron chi connectivity index (χ4n) is 2.37. The van der Waals surface area contributed by atoms with Crippen LogP contribution in [-0.4, -0.2) is 56.3 Å². The zero-order valence-electron chi connectivity index (χ0n) is 12.8. The number of nitrogens with one attached hydrogen (secondary N) is 1. The van der Waals surface area contributed by atoms with E-state index in [1.165, 1.54) is 11.8 Å². The highest BCUT2D eigenvalue weighted by Gasteiger charge is 2.35. The largest absolute Gasteiger partial charge is 0.381 e. The van der Waals surface area contributed by atoms with E-state index in [9.17, 15) is 18.0 Å². The molecule has 0 radical (unpaired) electrons. The van der Waals surface area contributed by atoms with Crippen molar-refractivity contribution < 1.29 is 17.9 Å². The number of hydrogen-bond acceptors (Lipinski definition) is 5. The summed E-state index contributed by atoms with van der Waals surface area (Å²) < 4.78 is 28.9. The highest BCUT2D eigenvalue weighted by molar-refractivity contribution is 7.91. The zero-order chi connectivity index (χ0) is 16.5. The molecule has 1 saturated carbocycles. The standard InChI is InChI=1S/C14H20N2O5S/c1-4-22(19,20)11-7-12(13(17)15-8-11)14(18)16(2)9-5-10(6-9)21-3/h7-10H,4-6H2,1-3H3,(H,15,17). The second-order valence-corrected chi connectivity index (χ2v) is 7.66. The monoisotopic (exact) mass is 328 g/mol. The Balaban J connectivity index is 2.26. The highest BCUT2D eigenvalue weighted by Crippen LogP contribution is 2.27. The highest BCUT2D eigenvalue weighted by atomic mass is 32.2. The molecule has 1 amide bonds. The summed E-state index contributed by atoms with van der Waals surface area (Å²) in [6.45, 7) is 1.51. The fraction of sp³-hybridized carbons (Fsp3) is 0.571.